The van der Waals surface area contributed by atoms with E-state index in [1.165, 1.54) is 6.07 Å². The highest BCUT2D eigenvalue weighted by Gasteiger charge is 2.15. The number of rotatable bonds is 1. The Bertz CT molecular complexity index is 650. The van der Waals surface area contributed by atoms with E-state index < -0.39 is 22.8 Å². The summed E-state index contributed by atoms with van der Waals surface area (Å²) < 4.78 is 13.1. The van der Waals surface area contributed by atoms with Crippen LogP contribution in [0, 0.1) is 5.82 Å². The molecule has 0 aliphatic rings. The molecule has 2 rings (SSSR count). The van der Waals surface area contributed by atoms with Gasteiger partial charge in [0.25, 0.3) is 0 Å². The largest absolute Gasteiger partial charge is 0.477 e. The number of hydrogen-bond donors (Lipinski definition) is 2. The van der Waals surface area contributed by atoms with E-state index in [1.807, 2.05) is 0 Å². The zero-order chi connectivity index (χ0) is 11.9. The normalized spacial score (nSPS) is 10.6. The Kier molecular flexibility index (Phi) is 2.40. The van der Waals surface area contributed by atoms with Gasteiger partial charge in [0.2, 0.25) is 5.43 Å². The van der Waals surface area contributed by atoms with Crippen molar-refractivity contribution in [2.24, 2.45) is 0 Å². The van der Waals surface area contributed by atoms with Crippen molar-refractivity contribution < 1.29 is 14.3 Å². The first-order valence-electron chi connectivity index (χ1n) is 4.25. The Morgan fingerprint density at radius 3 is 2.75 bits per heavy atom. The van der Waals surface area contributed by atoms with E-state index in [4.69, 9.17) is 16.7 Å². The molecule has 0 spiro atoms. The Balaban J connectivity index is 2.98. The van der Waals surface area contributed by atoms with Gasteiger partial charge in [-0.15, -0.1) is 0 Å². The maximum absolute atomic E-state index is 13.1. The molecule has 6 heteroatoms. The average molecular weight is 242 g/mol. The van der Waals surface area contributed by atoms with Gasteiger partial charge in [0, 0.05) is 6.20 Å². The molecule has 0 fully saturated rings. The van der Waals surface area contributed by atoms with Gasteiger partial charge in [0.1, 0.15) is 11.4 Å². The Labute approximate surface area is 93.3 Å². The van der Waals surface area contributed by atoms with Crippen LogP contribution in [-0.2, 0) is 0 Å². The summed E-state index contributed by atoms with van der Waals surface area (Å²) in [5, 5.41) is 8.20. The summed E-state index contributed by atoms with van der Waals surface area (Å²) in [6.45, 7) is 0. The Morgan fingerprint density at radius 1 is 1.44 bits per heavy atom. The number of hydrogen-bond acceptors (Lipinski definition) is 2. The van der Waals surface area contributed by atoms with Gasteiger partial charge in [-0.3, -0.25) is 4.79 Å². The second-order valence-corrected chi connectivity index (χ2v) is 3.50. The number of carbonyl (C=O) groups is 1. The molecule has 0 saturated heterocycles. The molecule has 1 aromatic heterocycles. The van der Waals surface area contributed by atoms with Crippen molar-refractivity contribution in [3.63, 3.8) is 0 Å². The lowest BCUT2D eigenvalue weighted by molar-refractivity contribution is 0.0695. The Morgan fingerprint density at radius 2 is 2.12 bits per heavy atom. The van der Waals surface area contributed by atoms with Gasteiger partial charge in [0.05, 0.1) is 15.9 Å². The second-order valence-electron chi connectivity index (χ2n) is 3.12. The van der Waals surface area contributed by atoms with Crippen LogP contribution >= 0.6 is 11.6 Å². The van der Waals surface area contributed by atoms with Gasteiger partial charge in [-0.1, -0.05) is 11.6 Å². The van der Waals surface area contributed by atoms with Crippen LogP contribution in [0.2, 0.25) is 5.02 Å². The molecular formula is C10H5ClFNO3. The summed E-state index contributed by atoms with van der Waals surface area (Å²) in [5.41, 5.74) is -0.979. The molecule has 0 saturated carbocycles. The van der Waals surface area contributed by atoms with Gasteiger partial charge in [-0.2, -0.15) is 0 Å². The van der Waals surface area contributed by atoms with Crippen molar-refractivity contribution >= 4 is 28.5 Å². The van der Waals surface area contributed by atoms with Crippen LogP contribution in [0.15, 0.2) is 23.1 Å². The zero-order valence-electron chi connectivity index (χ0n) is 7.75. The van der Waals surface area contributed by atoms with E-state index >= 15 is 0 Å². The van der Waals surface area contributed by atoms with Gasteiger partial charge < -0.3 is 10.1 Å². The molecule has 0 atom stereocenters. The van der Waals surface area contributed by atoms with E-state index in [9.17, 15) is 14.0 Å². The monoisotopic (exact) mass is 241 g/mol. The maximum atomic E-state index is 13.1. The highest BCUT2D eigenvalue weighted by atomic mass is 35.5. The van der Waals surface area contributed by atoms with E-state index in [-0.39, 0.29) is 10.4 Å². The Hall–Kier alpha value is -1.88. The fourth-order valence-corrected chi connectivity index (χ4v) is 1.65. The second kappa shape index (κ2) is 3.61. The molecule has 1 heterocycles. The third-order valence-electron chi connectivity index (χ3n) is 2.17. The molecule has 82 valence electrons. The van der Waals surface area contributed by atoms with Crippen molar-refractivity contribution in [2.45, 2.75) is 0 Å². The highest BCUT2D eigenvalue weighted by molar-refractivity contribution is 6.35. The van der Waals surface area contributed by atoms with Gasteiger partial charge >= 0.3 is 5.97 Å². The quantitative estimate of drug-likeness (QED) is 0.802. The summed E-state index contributed by atoms with van der Waals surface area (Å²) in [7, 11) is 0. The number of pyridine rings is 1. The molecule has 0 radical (unpaired) electrons. The molecule has 0 amide bonds. The minimum absolute atomic E-state index is 0.151. The van der Waals surface area contributed by atoms with Crippen molar-refractivity contribution in [3.8, 4) is 0 Å². The summed E-state index contributed by atoms with van der Waals surface area (Å²) >= 11 is 5.62. The van der Waals surface area contributed by atoms with E-state index in [0.29, 0.717) is 5.52 Å². The lowest BCUT2D eigenvalue weighted by Gasteiger charge is -2.02. The molecular weight excluding hydrogens is 237 g/mol. The molecule has 0 bridgehead atoms. The third-order valence-corrected chi connectivity index (χ3v) is 2.54. The summed E-state index contributed by atoms with van der Waals surface area (Å²) in [6, 6.07) is 2.42. The van der Waals surface area contributed by atoms with Crippen LogP contribution in [0.25, 0.3) is 10.9 Å². The summed E-state index contributed by atoms with van der Waals surface area (Å²) in [6.07, 6.45) is 1.06. The predicted molar refractivity (Wildman–Crippen MR) is 56.5 cm³/mol. The minimum Gasteiger partial charge on any atom is -0.477 e. The van der Waals surface area contributed by atoms with Gasteiger partial charge in [-0.25, -0.2) is 9.18 Å². The molecule has 0 aliphatic heterocycles. The van der Waals surface area contributed by atoms with Crippen LogP contribution in [0.4, 0.5) is 4.39 Å². The molecule has 4 nitrogen and oxygen atoms in total. The van der Waals surface area contributed by atoms with Crippen LogP contribution in [-0.4, -0.2) is 16.1 Å². The number of carboxylic acids is 1. The summed E-state index contributed by atoms with van der Waals surface area (Å²) in [4.78, 5) is 25.0. The average Bonchev–Trinajstić information content (AvgIpc) is 2.23. The number of H-pyrrole nitrogens is 1. The van der Waals surface area contributed by atoms with E-state index in [0.717, 1.165) is 12.3 Å². The number of nitrogens with one attached hydrogen (secondary N) is 1. The SMILES string of the molecule is O=C(O)c1c[nH]c2ccc(F)c(Cl)c2c1=O. The van der Waals surface area contributed by atoms with Gasteiger partial charge in [0.15, 0.2) is 0 Å². The first-order chi connectivity index (χ1) is 7.52. The van der Waals surface area contributed by atoms with Crippen molar-refractivity contribution in [1.29, 1.82) is 0 Å². The lowest BCUT2D eigenvalue weighted by Crippen LogP contribution is -2.15. The molecule has 0 unspecified atom stereocenters. The predicted octanol–water partition coefficient (Wildman–Crippen LogP) is 2.02. The number of benzene rings is 1. The maximum Gasteiger partial charge on any atom is 0.341 e. The number of carboxylic acid groups (broad SMARTS) is 1. The number of aromatic nitrogens is 1. The molecule has 2 aromatic rings. The summed E-state index contributed by atoms with van der Waals surface area (Å²) in [5.74, 6) is -2.15. The van der Waals surface area contributed by atoms with E-state index in [1.54, 1.807) is 0 Å². The molecule has 16 heavy (non-hydrogen) atoms. The van der Waals surface area contributed by atoms with Crippen LogP contribution in [0.3, 0.4) is 0 Å². The minimum atomic E-state index is -1.39. The van der Waals surface area contributed by atoms with Gasteiger partial charge in [-0.05, 0) is 12.1 Å². The number of aromatic carboxylic acids is 1. The first kappa shape index (κ1) is 10.6. The van der Waals surface area contributed by atoms with Crippen LogP contribution in [0.5, 0.6) is 0 Å². The van der Waals surface area contributed by atoms with E-state index in [2.05, 4.69) is 4.98 Å². The zero-order valence-corrected chi connectivity index (χ0v) is 8.51. The highest BCUT2D eigenvalue weighted by Crippen LogP contribution is 2.22. The molecule has 1 aromatic carbocycles. The van der Waals surface area contributed by atoms with Crippen molar-refractivity contribution in [1.82, 2.24) is 4.98 Å². The standard InChI is InChI=1S/C10H5ClFNO3/c11-8-5(12)1-2-6-7(8)9(14)4(3-13-6)10(15)16/h1-3H,(H,13,14)(H,15,16). The van der Waals surface area contributed by atoms with Crippen molar-refractivity contribution in [2.75, 3.05) is 0 Å². The lowest BCUT2D eigenvalue weighted by atomic mass is 10.1. The van der Waals surface area contributed by atoms with Crippen LogP contribution < -0.4 is 5.43 Å². The molecule has 0 aliphatic carbocycles. The van der Waals surface area contributed by atoms with Crippen LogP contribution in [0.1, 0.15) is 10.4 Å². The number of fused-ring (bicyclic) bond motifs is 1. The molecule has 2 N–H and O–H groups in total. The number of halogens is 2. The number of aromatic amines is 1. The first-order valence-corrected chi connectivity index (χ1v) is 4.63. The smallest absolute Gasteiger partial charge is 0.341 e. The van der Waals surface area contributed by atoms with Crippen molar-refractivity contribution in [3.05, 3.63) is 45.0 Å². The topological polar surface area (TPSA) is 70.2 Å². The fraction of sp³-hybridized carbons (Fsp3) is 0. The fourth-order valence-electron chi connectivity index (χ4n) is 1.40. The third kappa shape index (κ3) is 1.45.